The highest BCUT2D eigenvalue weighted by Gasteiger charge is 2.22. The maximum atomic E-state index is 9.78. The number of ether oxygens (including phenoxy) is 1. The van der Waals surface area contributed by atoms with E-state index in [0.29, 0.717) is 0 Å². The highest BCUT2D eigenvalue weighted by atomic mass is 16.7. The predicted molar refractivity (Wildman–Crippen MR) is 28.4 cm³/mol. The number of carboxylic acids is 2. The molecular weight excluding hydrogens is 160 g/mol. The lowest BCUT2D eigenvalue weighted by molar-refractivity contribution is -0.226. The van der Waals surface area contributed by atoms with Crippen LogP contribution in [0, 0.1) is 0 Å². The van der Waals surface area contributed by atoms with Crippen LogP contribution in [0.5, 0.6) is 0 Å². The summed E-state index contributed by atoms with van der Waals surface area (Å²) in [7, 11) is 0. The van der Waals surface area contributed by atoms with Gasteiger partial charge in [-0.15, -0.1) is 0 Å². The van der Waals surface area contributed by atoms with Gasteiger partial charge in [0.1, 0.15) is 0 Å². The van der Waals surface area contributed by atoms with Crippen LogP contribution in [0.4, 0.5) is 0 Å². The molecule has 0 saturated heterocycles. The van der Waals surface area contributed by atoms with Crippen molar-refractivity contribution in [3.8, 4) is 0 Å². The standard InChI is InChI=1S/C4H6O7/c5-1(6)3(9)11-4(10)2(7)8/h3-4,9-10H,(H,5,6)(H,7,8). The summed E-state index contributed by atoms with van der Waals surface area (Å²) in [5, 5.41) is 32.5. The molecule has 0 radical (unpaired) electrons. The average molecular weight is 166 g/mol. The van der Waals surface area contributed by atoms with Crippen molar-refractivity contribution in [2.45, 2.75) is 12.6 Å². The number of hydrogen-bond acceptors (Lipinski definition) is 5. The Hall–Kier alpha value is -1.18. The first-order chi connectivity index (χ1) is 4.95. The summed E-state index contributed by atoms with van der Waals surface area (Å²) in [5.74, 6) is -3.55. The number of aliphatic hydroxyl groups is 2. The maximum absolute atomic E-state index is 9.78. The van der Waals surface area contributed by atoms with Gasteiger partial charge >= 0.3 is 11.9 Å². The second kappa shape index (κ2) is 3.86. The molecule has 0 aliphatic heterocycles. The van der Waals surface area contributed by atoms with Gasteiger partial charge in [-0.25, -0.2) is 9.59 Å². The minimum Gasteiger partial charge on any atom is -0.477 e. The minimum absolute atomic E-state index is 1.77. The van der Waals surface area contributed by atoms with Crippen molar-refractivity contribution in [1.29, 1.82) is 0 Å². The van der Waals surface area contributed by atoms with Crippen molar-refractivity contribution in [1.82, 2.24) is 0 Å². The molecule has 0 aromatic carbocycles. The first kappa shape index (κ1) is 9.82. The van der Waals surface area contributed by atoms with Crippen LogP contribution in [0.3, 0.4) is 0 Å². The fraction of sp³-hybridized carbons (Fsp3) is 0.500. The van der Waals surface area contributed by atoms with Gasteiger partial charge in [-0.2, -0.15) is 0 Å². The van der Waals surface area contributed by atoms with Gasteiger partial charge in [-0.05, 0) is 0 Å². The van der Waals surface area contributed by atoms with Gasteiger partial charge in [-0.1, -0.05) is 0 Å². The van der Waals surface area contributed by atoms with E-state index in [1.165, 1.54) is 0 Å². The third-order valence-electron chi connectivity index (χ3n) is 0.680. The van der Waals surface area contributed by atoms with E-state index in [1.54, 1.807) is 0 Å². The number of aliphatic carboxylic acids is 2. The first-order valence-corrected chi connectivity index (χ1v) is 2.42. The molecule has 0 aliphatic rings. The lowest BCUT2D eigenvalue weighted by Crippen LogP contribution is -2.33. The maximum Gasteiger partial charge on any atom is 0.360 e. The first-order valence-electron chi connectivity index (χ1n) is 2.42. The van der Waals surface area contributed by atoms with Crippen molar-refractivity contribution in [3.05, 3.63) is 0 Å². The Morgan fingerprint density at radius 1 is 1.00 bits per heavy atom. The van der Waals surface area contributed by atoms with E-state index in [2.05, 4.69) is 4.74 Å². The van der Waals surface area contributed by atoms with Crippen molar-refractivity contribution < 1.29 is 34.8 Å². The molecule has 0 rings (SSSR count). The summed E-state index contributed by atoms with van der Waals surface area (Å²) in [4.78, 5) is 19.6. The van der Waals surface area contributed by atoms with Crippen molar-refractivity contribution in [2.24, 2.45) is 0 Å². The molecule has 0 fully saturated rings. The molecule has 11 heavy (non-hydrogen) atoms. The van der Waals surface area contributed by atoms with Gasteiger partial charge in [0.25, 0.3) is 12.6 Å². The molecule has 0 aromatic rings. The Morgan fingerprint density at radius 2 is 1.27 bits per heavy atom. The van der Waals surface area contributed by atoms with Gasteiger partial charge in [-0.3, -0.25) is 0 Å². The normalized spacial score (nSPS) is 15.5. The van der Waals surface area contributed by atoms with Gasteiger partial charge in [0.05, 0.1) is 0 Å². The van der Waals surface area contributed by atoms with Crippen LogP contribution in [0.15, 0.2) is 0 Å². The van der Waals surface area contributed by atoms with Crippen molar-refractivity contribution >= 4 is 11.9 Å². The number of hydrogen-bond donors (Lipinski definition) is 4. The number of aliphatic hydroxyl groups excluding tert-OH is 2. The minimum atomic E-state index is -2.33. The van der Waals surface area contributed by atoms with E-state index in [1.807, 2.05) is 0 Å². The van der Waals surface area contributed by atoms with Crippen LogP contribution in [0.2, 0.25) is 0 Å². The Morgan fingerprint density at radius 3 is 1.45 bits per heavy atom. The van der Waals surface area contributed by atoms with Gasteiger partial charge < -0.3 is 25.2 Å². The van der Waals surface area contributed by atoms with E-state index < -0.39 is 24.5 Å². The molecule has 0 bridgehead atoms. The molecule has 64 valence electrons. The van der Waals surface area contributed by atoms with Crippen LogP contribution < -0.4 is 0 Å². The third-order valence-corrected chi connectivity index (χ3v) is 0.680. The van der Waals surface area contributed by atoms with Crippen LogP contribution >= 0.6 is 0 Å². The van der Waals surface area contributed by atoms with Crippen LogP contribution in [-0.2, 0) is 14.3 Å². The lowest BCUT2D eigenvalue weighted by Gasteiger charge is -2.09. The topological polar surface area (TPSA) is 124 Å². The Bertz CT molecular complexity index is 146. The molecule has 0 aromatic heterocycles. The second-order valence-corrected chi connectivity index (χ2v) is 1.52. The van der Waals surface area contributed by atoms with Gasteiger partial charge in [0.2, 0.25) is 0 Å². The van der Waals surface area contributed by atoms with Crippen molar-refractivity contribution in [3.63, 3.8) is 0 Å². The molecule has 0 heterocycles. The summed E-state index contributed by atoms with van der Waals surface area (Å²) in [6.45, 7) is 0. The zero-order valence-electron chi connectivity index (χ0n) is 5.17. The van der Waals surface area contributed by atoms with Gasteiger partial charge in [0.15, 0.2) is 0 Å². The van der Waals surface area contributed by atoms with E-state index in [0.717, 1.165) is 0 Å². The molecule has 7 heteroatoms. The number of carboxylic acid groups (broad SMARTS) is 2. The molecule has 2 atom stereocenters. The summed E-state index contributed by atoms with van der Waals surface area (Å²) in [5.41, 5.74) is 0. The molecule has 2 unspecified atom stereocenters. The summed E-state index contributed by atoms with van der Waals surface area (Å²) >= 11 is 0. The average Bonchev–Trinajstić information content (AvgIpc) is 1.87. The largest absolute Gasteiger partial charge is 0.477 e. The molecule has 4 N–H and O–H groups in total. The molecule has 0 amide bonds. The number of rotatable bonds is 4. The molecular formula is C4H6O7. The van der Waals surface area contributed by atoms with E-state index >= 15 is 0 Å². The van der Waals surface area contributed by atoms with E-state index in [-0.39, 0.29) is 0 Å². The smallest absolute Gasteiger partial charge is 0.360 e. The molecule has 0 saturated carbocycles. The van der Waals surface area contributed by atoms with Crippen LogP contribution in [0.25, 0.3) is 0 Å². The Kier molecular flexibility index (Phi) is 3.45. The van der Waals surface area contributed by atoms with Crippen molar-refractivity contribution in [2.75, 3.05) is 0 Å². The third kappa shape index (κ3) is 3.50. The lowest BCUT2D eigenvalue weighted by atomic mass is 10.6. The molecule has 7 nitrogen and oxygen atoms in total. The monoisotopic (exact) mass is 166 g/mol. The Balaban J connectivity index is 3.84. The zero-order valence-corrected chi connectivity index (χ0v) is 5.17. The number of carbonyl (C=O) groups is 2. The zero-order chi connectivity index (χ0) is 9.02. The van der Waals surface area contributed by atoms with Gasteiger partial charge in [0, 0.05) is 0 Å². The Labute approximate surface area is 60.4 Å². The molecule has 0 aliphatic carbocycles. The highest BCUT2D eigenvalue weighted by Crippen LogP contribution is 1.92. The summed E-state index contributed by atoms with van der Waals surface area (Å²) in [6.07, 6.45) is -4.66. The highest BCUT2D eigenvalue weighted by molar-refractivity contribution is 5.73. The fourth-order valence-electron chi connectivity index (χ4n) is 0.239. The quantitative estimate of drug-likeness (QED) is 0.349. The second-order valence-electron chi connectivity index (χ2n) is 1.52. The van der Waals surface area contributed by atoms with Crippen LogP contribution in [-0.4, -0.2) is 44.9 Å². The molecule has 0 spiro atoms. The van der Waals surface area contributed by atoms with E-state index in [4.69, 9.17) is 20.4 Å². The summed E-state index contributed by atoms with van der Waals surface area (Å²) in [6, 6.07) is 0. The fourth-order valence-corrected chi connectivity index (χ4v) is 0.239. The van der Waals surface area contributed by atoms with E-state index in [9.17, 15) is 9.59 Å². The SMILES string of the molecule is O=C(O)C(O)OC(O)C(=O)O. The summed E-state index contributed by atoms with van der Waals surface area (Å²) < 4.78 is 3.69. The predicted octanol–water partition coefficient (Wildman–Crippen LogP) is -2.19. The van der Waals surface area contributed by atoms with Crippen LogP contribution in [0.1, 0.15) is 0 Å².